The highest BCUT2D eigenvalue weighted by Crippen LogP contribution is 2.65. The summed E-state index contributed by atoms with van der Waals surface area (Å²) in [5.41, 5.74) is 10.7. The second-order valence-corrected chi connectivity index (χ2v) is 11.4. The van der Waals surface area contributed by atoms with Gasteiger partial charge in [-0.2, -0.15) is 0 Å². The van der Waals surface area contributed by atoms with Crippen molar-refractivity contribution in [2.24, 2.45) is 5.41 Å². The molecule has 0 heteroatoms. The predicted octanol–water partition coefficient (Wildman–Crippen LogP) is 10.3. The molecule has 3 aromatic rings. The third-order valence-electron chi connectivity index (χ3n) is 9.94. The van der Waals surface area contributed by atoms with E-state index in [1.54, 1.807) is 16.7 Å². The van der Waals surface area contributed by atoms with Crippen LogP contribution in [0.5, 0.6) is 0 Å². The first-order chi connectivity index (χ1) is 18.2. The standard InChI is InChI=1S/C37H40/c1-4-23-37(25-22-30-14-9-12-18-34(30)37)36(6-3,24-21-29-20-19-28-13-7-10-16-32(28)29)35-27(5-2)26-31-15-8-11-17-33(31)35/h7-20,22,25-26,29,35H,4-6,21,23-24H2,1-3H3. The van der Waals surface area contributed by atoms with Crippen LogP contribution in [0.1, 0.15) is 105 Å². The summed E-state index contributed by atoms with van der Waals surface area (Å²) < 4.78 is 0. The molecule has 188 valence electrons. The fourth-order valence-electron chi connectivity index (χ4n) is 8.32. The van der Waals surface area contributed by atoms with Crippen LogP contribution in [0.3, 0.4) is 0 Å². The summed E-state index contributed by atoms with van der Waals surface area (Å²) in [6.07, 6.45) is 19.5. The van der Waals surface area contributed by atoms with Gasteiger partial charge >= 0.3 is 0 Å². The second kappa shape index (κ2) is 9.64. The highest BCUT2D eigenvalue weighted by Gasteiger charge is 2.57. The van der Waals surface area contributed by atoms with Crippen molar-refractivity contribution in [1.29, 1.82) is 0 Å². The molecule has 4 atom stereocenters. The van der Waals surface area contributed by atoms with Crippen LogP contribution in [-0.2, 0) is 5.41 Å². The van der Waals surface area contributed by atoms with E-state index in [0.29, 0.717) is 11.8 Å². The van der Waals surface area contributed by atoms with Crippen LogP contribution in [0, 0.1) is 5.41 Å². The minimum Gasteiger partial charge on any atom is -0.0764 e. The zero-order valence-corrected chi connectivity index (χ0v) is 22.7. The molecule has 0 amide bonds. The maximum absolute atomic E-state index is 2.64. The molecule has 0 aliphatic heterocycles. The lowest BCUT2D eigenvalue weighted by molar-refractivity contribution is 0.0940. The van der Waals surface area contributed by atoms with E-state index in [1.165, 1.54) is 54.4 Å². The van der Waals surface area contributed by atoms with Crippen LogP contribution in [0.15, 0.2) is 90.5 Å². The molecule has 37 heavy (non-hydrogen) atoms. The molecule has 0 bridgehead atoms. The van der Waals surface area contributed by atoms with Gasteiger partial charge in [-0.1, -0.05) is 136 Å². The Morgan fingerprint density at radius 1 is 0.757 bits per heavy atom. The number of hydrogen-bond donors (Lipinski definition) is 0. The van der Waals surface area contributed by atoms with Crippen molar-refractivity contribution in [2.75, 3.05) is 0 Å². The molecule has 0 aromatic heterocycles. The number of hydrogen-bond acceptors (Lipinski definition) is 0. The minimum atomic E-state index is 0.0330. The zero-order valence-electron chi connectivity index (χ0n) is 22.7. The van der Waals surface area contributed by atoms with Crippen LogP contribution in [0.4, 0.5) is 0 Å². The van der Waals surface area contributed by atoms with Gasteiger partial charge in [-0.05, 0) is 70.9 Å². The van der Waals surface area contributed by atoms with E-state index in [1.807, 2.05) is 0 Å². The Balaban J connectivity index is 1.53. The fraction of sp³-hybridized carbons (Fsp3) is 0.351. The Bertz CT molecular complexity index is 1380. The van der Waals surface area contributed by atoms with Gasteiger partial charge in [0, 0.05) is 17.3 Å². The molecule has 0 saturated carbocycles. The van der Waals surface area contributed by atoms with E-state index in [9.17, 15) is 0 Å². The molecule has 0 nitrogen and oxygen atoms in total. The lowest BCUT2D eigenvalue weighted by Crippen LogP contribution is -2.48. The molecule has 0 heterocycles. The average Bonchev–Trinajstić information content (AvgIpc) is 3.64. The SMILES string of the molecule is CCCC1(C(CC)(CCC2C=Cc3ccccc32)C2C(CC)=Cc3ccccc32)C=Cc2ccccc21. The van der Waals surface area contributed by atoms with Crippen molar-refractivity contribution in [2.45, 2.75) is 76.5 Å². The van der Waals surface area contributed by atoms with Gasteiger partial charge < -0.3 is 0 Å². The first-order valence-electron chi connectivity index (χ1n) is 14.5. The van der Waals surface area contributed by atoms with Crippen LogP contribution in [0.2, 0.25) is 0 Å². The Labute approximate surface area is 223 Å². The fourth-order valence-corrected chi connectivity index (χ4v) is 8.32. The third-order valence-corrected chi connectivity index (χ3v) is 9.94. The van der Waals surface area contributed by atoms with E-state index in [4.69, 9.17) is 0 Å². The Kier molecular flexibility index (Phi) is 6.31. The molecule has 0 saturated heterocycles. The molecular weight excluding hydrogens is 444 g/mol. The van der Waals surface area contributed by atoms with Crippen molar-refractivity contribution in [3.05, 3.63) is 124 Å². The van der Waals surface area contributed by atoms with Crippen molar-refractivity contribution in [3.8, 4) is 0 Å². The van der Waals surface area contributed by atoms with Crippen molar-refractivity contribution in [1.82, 2.24) is 0 Å². The number of benzene rings is 3. The maximum atomic E-state index is 2.64. The van der Waals surface area contributed by atoms with Crippen molar-refractivity contribution < 1.29 is 0 Å². The minimum absolute atomic E-state index is 0.0330. The summed E-state index contributed by atoms with van der Waals surface area (Å²) >= 11 is 0. The molecule has 0 spiro atoms. The van der Waals surface area contributed by atoms with Crippen LogP contribution >= 0.6 is 0 Å². The molecule has 3 aliphatic carbocycles. The monoisotopic (exact) mass is 484 g/mol. The predicted molar refractivity (Wildman–Crippen MR) is 160 cm³/mol. The number of allylic oxidation sites excluding steroid dienone is 3. The second-order valence-electron chi connectivity index (χ2n) is 11.4. The highest BCUT2D eigenvalue weighted by molar-refractivity contribution is 5.71. The highest BCUT2D eigenvalue weighted by atomic mass is 14.6. The topological polar surface area (TPSA) is 0 Å². The quantitative estimate of drug-likeness (QED) is 0.283. The largest absolute Gasteiger partial charge is 0.0764 e. The third kappa shape index (κ3) is 3.63. The lowest BCUT2D eigenvalue weighted by Gasteiger charge is -2.54. The molecular formula is C37H40. The lowest BCUT2D eigenvalue weighted by atomic mass is 9.49. The van der Waals surface area contributed by atoms with Gasteiger partial charge in [-0.3, -0.25) is 0 Å². The van der Waals surface area contributed by atoms with Crippen LogP contribution < -0.4 is 0 Å². The normalized spacial score (nSPS) is 24.5. The van der Waals surface area contributed by atoms with Gasteiger partial charge in [0.1, 0.15) is 0 Å². The van der Waals surface area contributed by atoms with Gasteiger partial charge in [-0.15, -0.1) is 0 Å². The van der Waals surface area contributed by atoms with Gasteiger partial charge in [-0.25, -0.2) is 0 Å². The number of fused-ring (bicyclic) bond motifs is 3. The van der Waals surface area contributed by atoms with E-state index >= 15 is 0 Å². The smallest absolute Gasteiger partial charge is 0.0206 e. The number of rotatable bonds is 9. The van der Waals surface area contributed by atoms with Gasteiger partial charge in [0.2, 0.25) is 0 Å². The van der Waals surface area contributed by atoms with E-state index in [0.717, 1.165) is 6.42 Å². The molecule has 0 radical (unpaired) electrons. The Morgan fingerprint density at radius 2 is 1.46 bits per heavy atom. The molecule has 6 rings (SSSR count). The van der Waals surface area contributed by atoms with E-state index in [2.05, 4.69) is 124 Å². The first kappa shape index (κ1) is 24.2. The Morgan fingerprint density at radius 3 is 2.22 bits per heavy atom. The summed E-state index contributed by atoms with van der Waals surface area (Å²) in [4.78, 5) is 0. The molecule has 4 unspecified atom stereocenters. The van der Waals surface area contributed by atoms with Gasteiger partial charge in [0.25, 0.3) is 0 Å². The Hall–Kier alpha value is -3.12. The van der Waals surface area contributed by atoms with Gasteiger partial charge in [0.15, 0.2) is 0 Å². The maximum Gasteiger partial charge on any atom is 0.0206 e. The molecule has 3 aromatic carbocycles. The summed E-state index contributed by atoms with van der Waals surface area (Å²) in [7, 11) is 0. The average molecular weight is 485 g/mol. The van der Waals surface area contributed by atoms with Gasteiger partial charge in [0.05, 0.1) is 0 Å². The summed E-state index contributed by atoms with van der Waals surface area (Å²) in [6.45, 7) is 7.23. The van der Waals surface area contributed by atoms with E-state index < -0.39 is 0 Å². The van der Waals surface area contributed by atoms with Crippen LogP contribution in [-0.4, -0.2) is 0 Å². The van der Waals surface area contributed by atoms with Crippen molar-refractivity contribution in [3.63, 3.8) is 0 Å². The summed E-state index contributed by atoms with van der Waals surface area (Å²) in [5.74, 6) is 0.953. The van der Waals surface area contributed by atoms with Crippen molar-refractivity contribution >= 4 is 18.2 Å². The van der Waals surface area contributed by atoms with E-state index in [-0.39, 0.29) is 10.8 Å². The molecule has 0 N–H and O–H groups in total. The van der Waals surface area contributed by atoms with Crippen LogP contribution in [0.25, 0.3) is 18.2 Å². The zero-order chi connectivity index (χ0) is 25.5. The molecule has 3 aliphatic rings. The summed E-state index contributed by atoms with van der Waals surface area (Å²) in [6, 6.07) is 27.5. The summed E-state index contributed by atoms with van der Waals surface area (Å²) in [5, 5.41) is 0. The molecule has 0 fully saturated rings. The first-order valence-corrected chi connectivity index (χ1v) is 14.5.